The van der Waals surface area contributed by atoms with E-state index in [2.05, 4.69) is 16.6 Å². The summed E-state index contributed by atoms with van der Waals surface area (Å²) in [6.45, 7) is 6.00. The molecule has 0 bridgehead atoms. The van der Waals surface area contributed by atoms with Gasteiger partial charge < -0.3 is 9.64 Å². The average molecular weight is 487 g/mol. The fraction of sp³-hybridized carbons (Fsp3) is 0.292. The molecule has 0 aliphatic carbocycles. The second-order valence-electron chi connectivity index (χ2n) is 8.11. The van der Waals surface area contributed by atoms with Crippen molar-refractivity contribution >= 4 is 27.3 Å². The Bertz CT molecular complexity index is 1260. The predicted octanol–water partition coefficient (Wildman–Crippen LogP) is 4.29. The van der Waals surface area contributed by atoms with E-state index in [-0.39, 0.29) is 4.90 Å². The third-order valence-electron chi connectivity index (χ3n) is 5.65. The molecule has 1 aliphatic heterocycles. The number of rotatable bonds is 5. The topological polar surface area (TPSA) is 90.5 Å². The zero-order valence-electron chi connectivity index (χ0n) is 18.3. The number of sulfonamides is 1. The highest BCUT2D eigenvalue weighted by molar-refractivity contribution is 7.89. The Balaban J connectivity index is 1.72. The maximum absolute atomic E-state index is 12.1. The molecule has 0 fully saturated rings. The number of primary sulfonamides is 1. The third-order valence-corrected chi connectivity index (χ3v) is 6.80. The second-order valence-corrected chi connectivity index (χ2v) is 10.1. The van der Waals surface area contributed by atoms with Gasteiger partial charge in [0.1, 0.15) is 12.4 Å². The summed E-state index contributed by atoms with van der Waals surface area (Å²) >= 11 is 6.22. The molecule has 33 heavy (non-hydrogen) atoms. The monoisotopic (exact) mass is 486 g/mol. The van der Waals surface area contributed by atoms with Crippen LogP contribution in [-0.2, 0) is 36.1 Å². The molecule has 9 heteroatoms. The van der Waals surface area contributed by atoms with Gasteiger partial charge in [-0.25, -0.2) is 13.6 Å². The van der Waals surface area contributed by atoms with E-state index in [0.29, 0.717) is 42.7 Å². The van der Waals surface area contributed by atoms with E-state index in [9.17, 15) is 8.42 Å². The molecular formula is C24H27ClN4O3S. The van der Waals surface area contributed by atoms with Crippen LogP contribution in [0, 0.1) is 0 Å². The van der Waals surface area contributed by atoms with Crippen molar-refractivity contribution in [1.82, 2.24) is 9.78 Å². The van der Waals surface area contributed by atoms with Crippen LogP contribution < -0.4 is 14.8 Å². The van der Waals surface area contributed by atoms with Gasteiger partial charge in [0.25, 0.3) is 0 Å². The van der Waals surface area contributed by atoms with Crippen molar-refractivity contribution in [2.75, 3.05) is 11.4 Å². The van der Waals surface area contributed by atoms with Gasteiger partial charge in [-0.15, -0.1) is 6.58 Å². The van der Waals surface area contributed by atoms with Crippen molar-refractivity contribution in [1.29, 1.82) is 0 Å². The molecule has 0 saturated carbocycles. The van der Waals surface area contributed by atoms with Crippen LogP contribution in [0.3, 0.4) is 0 Å². The number of nitrogens with zero attached hydrogens (tertiary/aromatic N) is 3. The molecule has 7 nitrogen and oxygen atoms in total. The first-order valence-electron chi connectivity index (χ1n) is 10.8. The van der Waals surface area contributed by atoms with Gasteiger partial charge in [0, 0.05) is 29.9 Å². The maximum atomic E-state index is 12.1. The van der Waals surface area contributed by atoms with Crippen molar-refractivity contribution in [3.05, 3.63) is 83.2 Å². The lowest BCUT2D eigenvalue weighted by atomic mass is 10.0. The highest BCUT2D eigenvalue weighted by atomic mass is 35.5. The molecule has 174 valence electrons. The summed E-state index contributed by atoms with van der Waals surface area (Å²) in [6.07, 6.45) is 8.33. The predicted molar refractivity (Wildman–Crippen MR) is 130 cm³/mol. The Morgan fingerprint density at radius 2 is 2.03 bits per heavy atom. The molecular weight excluding hydrogens is 460 g/mol. The van der Waals surface area contributed by atoms with Gasteiger partial charge in [-0.2, -0.15) is 5.10 Å². The number of allylic oxidation sites excluding steroid dienone is 1. The number of hydrogen-bond donors (Lipinski definition) is 1. The molecule has 2 N–H and O–H groups in total. The molecule has 0 unspecified atom stereocenters. The van der Waals surface area contributed by atoms with Crippen molar-refractivity contribution in [3.63, 3.8) is 0 Å². The second kappa shape index (κ2) is 9.99. The third kappa shape index (κ3) is 5.76. The van der Waals surface area contributed by atoms with Crippen LogP contribution in [0.1, 0.15) is 29.5 Å². The van der Waals surface area contributed by atoms with E-state index in [1.165, 1.54) is 11.6 Å². The van der Waals surface area contributed by atoms with Crippen molar-refractivity contribution in [2.45, 2.75) is 43.9 Å². The van der Waals surface area contributed by atoms with Gasteiger partial charge >= 0.3 is 0 Å². The van der Waals surface area contributed by atoms with Gasteiger partial charge in [-0.1, -0.05) is 23.7 Å². The Hall–Kier alpha value is -2.81. The number of fused-ring (bicyclic) bond motifs is 2. The normalized spacial score (nSPS) is 14.5. The number of anilines is 1. The lowest BCUT2D eigenvalue weighted by Crippen LogP contribution is -2.25. The summed E-state index contributed by atoms with van der Waals surface area (Å²) in [5, 5.41) is 10.5. The Labute approximate surface area is 199 Å². The standard InChI is InChI=1S/C24H27ClN4O3S/c1-2-10-29-16-18(14-27-29)15-28-11-4-3-5-19-12-21(25)7-6-20(19)17-32-24-9-8-22(13-23(24)28)33(26,30)31/h2,6-9,12-14,16H,1,3-5,10-11,15,17H2,(H2,26,30,31). The van der Waals surface area contributed by atoms with Crippen molar-refractivity contribution in [2.24, 2.45) is 5.14 Å². The summed E-state index contributed by atoms with van der Waals surface area (Å²) < 4.78 is 32.2. The number of halogens is 1. The maximum Gasteiger partial charge on any atom is 0.238 e. The number of benzene rings is 2. The van der Waals surface area contributed by atoms with Crippen LogP contribution >= 0.6 is 11.6 Å². The number of aryl methyl sites for hydroxylation is 1. The van der Waals surface area contributed by atoms with E-state index in [1.54, 1.807) is 18.2 Å². The largest absolute Gasteiger partial charge is 0.487 e. The zero-order chi connectivity index (χ0) is 23.4. The number of nitrogens with two attached hydrogens (primary N) is 1. The van der Waals surface area contributed by atoms with Crippen LogP contribution in [0.4, 0.5) is 5.69 Å². The van der Waals surface area contributed by atoms with E-state index in [4.69, 9.17) is 21.5 Å². The van der Waals surface area contributed by atoms with Crippen LogP contribution in [0.2, 0.25) is 5.02 Å². The van der Waals surface area contributed by atoms with E-state index in [0.717, 1.165) is 30.4 Å². The molecule has 1 aromatic heterocycles. The minimum absolute atomic E-state index is 0.0549. The molecule has 0 saturated heterocycles. The highest BCUT2D eigenvalue weighted by Crippen LogP contribution is 2.34. The Morgan fingerprint density at radius 3 is 2.82 bits per heavy atom. The first-order chi connectivity index (χ1) is 15.8. The van der Waals surface area contributed by atoms with Gasteiger partial charge in [-0.05, 0) is 60.7 Å². The summed E-state index contributed by atoms with van der Waals surface area (Å²) in [4.78, 5) is 2.18. The first-order valence-corrected chi connectivity index (χ1v) is 12.7. The molecule has 2 aromatic carbocycles. The fourth-order valence-corrected chi connectivity index (χ4v) is 4.74. The molecule has 2 heterocycles. The van der Waals surface area contributed by atoms with Gasteiger partial charge in [0.05, 0.1) is 23.3 Å². The Kier molecular flexibility index (Phi) is 7.07. The SMILES string of the molecule is C=CCn1cc(CN2CCCCc3cc(Cl)ccc3COc3ccc(S(N)(=O)=O)cc32)cn1. The van der Waals surface area contributed by atoms with E-state index < -0.39 is 10.0 Å². The summed E-state index contributed by atoms with van der Waals surface area (Å²) in [5.41, 5.74) is 3.94. The minimum atomic E-state index is -3.86. The Morgan fingerprint density at radius 1 is 1.18 bits per heavy atom. The molecule has 4 rings (SSSR count). The molecule has 0 spiro atoms. The number of aromatic nitrogens is 2. The van der Waals surface area contributed by atoms with Gasteiger partial charge in [0.2, 0.25) is 10.0 Å². The quantitative estimate of drug-likeness (QED) is 0.543. The van der Waals surface area contributed by atoms with Gasteiger partial charge in [-0.3, -0.25) is 4.68 Å². The van der Waals surface area contributed by atoms with Gasteiger partial charge in [0.15, 0.2) is 0 Å². The number of hydrogen-bond acceptors (Lipinski definition) is 5. The smallest absolute Gasteiger partial charge is 0.238 e. The average Bonchev–Trinajstić information content (AvgIpc) is 3.20. The molecule has 0 atom stereocenters. The van der Waals surface area contributed by atoms with Crippen LogP contribution in [0.15, 0.2) is 66.3 Å². The number of ether oxygens (including phenoxy) is 1. The zero-order valence-corrected chi connectivity index (χ0v) is 19.9. The highest BCUT2D eigenvalue weighted by Gasteiger charge is 2.20. The molecule has 0 amide bonds. The lowest BCUT2D eigenvalue weighted by molar-refractivity contribution is 0.305. The first kappa shape index (κ1) is 23.4. The summed E-state index contributed by atoms with van der Waals surface area (Å²) in [6, 6.07) is 10.6. The van der Waals surface area contributed by atoms with E-state index in [1.807, 2.05) is 35.3 Å². The fourth-order valence-electron chi connectivity index (χ4n) is 4.01. The van der Waals surface area contributed by atoms with Crippen LogP contribution in [0.5, 0.6) is 5.75 Å². The molecule has 3 aromatic rings. The van der Waals surface area contributed by atoms with Crippen LogP contribution in [-0.4, -0.2) is 24.7 Å². The molecule has 0 radical (unpaired) electrons. The summed E-state index contributed by atoms with van der Waals surface area (Å²) in [5.74, 6) is 0.601. The van der Waals surface area contributed by atoms with E-state index >= 15 is 0 Å². The van der Waals surface area contributed by atoms with Crippen molar-refractivity contribution < 1.29 is 13.2 Å². The minimum Gasteiger partial charge on any atom is -0.487 e. The summed E-state index contributed by atoms with van der Waals surface area (Å²) in [7, 11) is -3.86. The lowest BCUT2D eigenvalue weighted by Gasteiger charge is -2.27. The van der Waals surface area contributed by atoms with Crippen LogP contribution in [0.25, 0.3) is 0 Å². The molecule has 1 aliphatic rings. The van der Waals surface area contributed by atoms with Crippen molar-refractivity contribution in [3.8, 4) is 5.75 Å².